The summed E-state index contributed by atoms with van der Waals surface area (Å²) in [6, 6.07) is 8.23. The molecule has 2 atom stereocenters. The lowest BCUT2D eigenvalue weighted by molar-refractivity contribution is -0.131. The van der Waals surface area contributed by atoms with Crippen LogP contribution in [-0.2, 0) is 4.79 Å². The minimum absolute atomic E-state index is 0. The molecule has 0 bridgehead atoms. The van der Waals surface area contributed by atoms with Crippen molar-refractivity contribution in [1.82, 2.24) is 20.2 Å². The summed E-state index contributed by atoms with van der Waals surface area (Å²) in [5.41, 5.74) is 3.68. The zero-order chi connectivity index (χ0) is 19.9. The number of ether oxygens (including phenoxy) is 1. The molecule has 0 unspecified atom stereocenters. The number of nitrogens with one attached hydrogen (secondary N) is 1. The second kappa shape index (κ2) is 8.28. The first-order valence-electron chi connectivity index (χ1n) is 10.0. The molecule has 29 heavy (non-hydrogen) atoms. The van der Waals surface area contributed by atoms with Crippen LogP contribution in [0.25, 0.3) is 11.1 Å². The second-order valence-corrected chi connectivity index (χ2v) is 8.27. The lowest BCUT2D eigenvalue weighted by Crippen LogP contribution is -2.47. The zero-order valence-corrected chi connectivity index (χ0v) is 18.3. The molecule has 0 saturated carbocycles. The van der Waals surface area contributed by atoms with E-state index in [4.69, 9.17) is 9.72 Å². The number of carbonyl (C=O) groups excluding carboxylic acids is 1. The third kappa shape index (κ3) is 4.23. The van der Waals surface area contributed by atoms with Gasteiger partial charge in [-0.15, -0.1) is 12.4 Å². The van der Waals surface area contributed by atoms with Gasteiger partial charge in [0.1, 0.15) is 5.54 Å². The van der Waals surface area contributed by atoms with Gasteiger partial charge in [0, 0.05) is 37.1 Å². The molecule has 1 N–H and O–H groups in total. The normalized spacial score (nSPS) is 23.7. The molecule has 2 aliphatic rings. The first kappa shape index (κ1) is 21.5. The Morgan fingerprint density at radius 3 is 2.66 bits per heavy atom. The van der Waals surface area contributed by atoms with Crippen LogP contribution in [0.1, 0.15) is 50.5 Å². The number of likely N-dealkylation sites (N-methyl/N-ethyl adjacent to an activating group) is 1. The van der Waals surface area contributed by atoms with Gasteiger partial charge in [-0.05, 0) is 63.8 Å². The van der Waals surface area contributed by atoms with Gasteiger partial charge in [-0.2, -0.15) is 0 Å². The fraction of sp³-hybridized carbons (Fsp3) is 0.500. The maximum Gasteiger partial charge on any atom is 0.242 e. The molecule has 2 aromatic rings. The largest absolute Gasteiger partial charge is 0.475 e. The third-order valence-electron chi connectivity index (χ3n) is 5.70. The van der Waals surface area contributed by atoms with Crippen molar-refractivity contribution in [3.63, 3.8) is 0 Å². The van der Waals surface area contributed by atoms with Gasteiger partial charge in [-0.1, -0.05) is 0 Å². The molecule has 0 aliphatic carbocycles. The van der Waals surface area contributed by atoms with Gasteiger partial charge >= 0.3 is 0 Å². The highest BCUT2D eigenvalue weighted by molar-refractivity contribution is 5.88. The summed E-state index contributed by atoms with van der Waals surface area (Å²) in [5, 5.41) is 3.61. The van der Waals surface area contributed by atoms with Gasteiger partial charge in [0.2, 0.25) is 11.8 Å². The van der Waals surface area contributed by atoms with Crippen molar-refractivity contribution >= 4 is 18.3 Å². The molecule has 6 nitrogen and oxygen atoms in total. The number of hydrogen-bond donors (Lipinski definition) is 1. The van der Waals surface area contributed by atoms with Gasteiger partial charge in [0.25, 0.3) is 0 Å². The standard InChI is InChI=1S/C22H28N4O2.ClH/c1-14(2)28-20-6-5-16(13-23-20)17-11-15(3)24-19(12-17)18-7-8-22(25-18)9-10-26(4)21(22)27;/h5-6,11-14,18,25H,7-10H2,1-4H3;1H/t18-,22+;/m0./s1. The number of carbonyl (C=O) groups is 1. The molecule has 156 valence electrons. The Balaban J connectivity index is 0.00000240. The summed E-state index contributed by atoms with van der Waals surface area (Å²) in [6.45, 7) is 6.81. The molecular formula is C22H29ClN4O2. The van der Waals surface area contributed by atoms with Crippen molar-refractivity contribution in [2.45, 2.75) is 57.7 Å². The molecule has 1 amide bonds. The van der Waals surface area contributed by atoms with Crippen molar-refractivity contribution in [2.75, 3.05) is 13.6 Å². The van der Waals surface area contributed by atoms with Gasteiger partial charge in [-0.3, -0.25) is 15.1 Å². The summed E-state index contributed by atoms with van der Waals surface area (Å²) in [7, 11) is 1.88. The van der Waals surface area contributed by atoms with Crippen LogP contribution < -0.4 is 10.1 Å². The van der Waals surface area contributed by atoms with E-state index in [1.54, 1.807) is 0 Å². The highest BCUT2D eigenvalue weighted by atomic mass is 35.5. The van der Waals surface area contributed by atoms with Gasteiger partial charge in [-0.25, -0.2) is 4.98 Å². The van der Waals surface area contributed by atoms with Crippen molar-refractivity contribution in [3.05, 3.63) is 41.9 Å². The molecule has 2 fully saturated rings. The summed E-state index contributed by atoms with van der Waals surface area (Å²) < 4.78 is 5.64. The summed E-state index contributed by atoms with van der Waals surface area (Å²) in [5.74, 6) is 0.848. The van der Waals surface area contributed by atoms with Crippen LogP contribution in [-0.4, -0.2) is 46.0 Å². The van der Waals surface area contributed by atoms with Crippen molar-refractivity contribution in [1.29, 1.82) is 0 Å². The topological polar surface area (TPSA) is 67.3 Å². The second-order valence-electron chi connectivity index (χ2n) is 8.27. The first-order valence-corrected chi connectivity index (χ1v) is 10.0. The van der Waals surface area contributed by atoms with Crippen LogP contribution in [0.4, 0.5) is 0 Å². The molecule has 0 radical (unpaired) electrons. The Morgan fingerprint density at radius 1 is 1.24 bits per heavy atom. The smallest absolute Gasteiger partial charge is 0.242 e. The Labute approximate surface area is 178 Å². The Kier molecular flexibility index (Phi) is 6.15. The molecule has 2 aromatic heterocycles. The Bertz CT molecular complexity index is 887. The number of aryl methyl sites for hydroxylation is 1. The third-order valence-corrected chi connectivity index (χ3v) is 5.70. The van der Waals surface area contributed by atoms with Crippen molar-refractivity contribution in [2.24, 2.45) is 0 Å². The molecular weight excluding hydrogens is 388 g/mol. The van der Waals surface area contributed by atoms with Crippen molar-refractivity contribution < 1.29 is 9.53 Å². The van der Waals surface area contributed by atoms with Crippen LogP contribution >= 0.6 is 12.4 Å². The van der Waals surface area contributed by atoms with E-state index in [-0.39, 0.29) is 30.5 Å². The number of halogens is 1. The summed E-state index contributed by atoms with van der Waals surface area (Å²) in [6.07, 6.45) is 4.61. The first-order chi connectivity index (χ1) is 13.4. The number of hydrogen-bond acceptors (Lipinski definition) is 5. The van der Waals surface area contributed by atoms with E-state index in [2.05, 4.69) is 22.4 Å². The van der Waals surface area contributed by atoms with Gasteiger partial charge in [0.15, 0.2) is 0 Å². The zero-order valence-electron chi connectivity index (χ0n) is 17.4. The number of likely N-dealkylation sites (tertiary alicyclic amines) is 1. The highest BCUT2D eigenvalue weighted by Gasteiger charge is 2.50. The lowest BCUT2D eigenvalue weighted by atomic mass is 9.96. The van der Waals surface area contributed by atoms with Gasteiger partial charge < -0.3 is 9.64 Å². The van der Waals surface area contributed by atoms with Crippen molar-refractivity contribution in [3.8, 4) is 17.0 Å². The number of pyridine rings is 2. The maximum absolute atomic E-state index is 12.6. The van der Waals surface area contributed by atoms with E-state index < -0.39 is 5.54 Å². The molecule has 7 heteroatoms. The van der Waals surface area contributed by atoms with Crippen LogP contribution in [0.2, 0.25) is 0 Å². The number of amides is 1. The van der Waals surface area contributed by atoms with E-state index in [0.29, 0.717) is 5.88 Å². The van der Waals surface area contributed by atoms with Crippen LogP contribution in [0.5, 0.6) is 5.88 Å². The fourth-order valence-electron chi connectivity index (χ4n) is 4.29. The van der Waals surface area contributed by atoms with Crippen LogP contribution in [0, 0.1) is 6.92 Å². The minimum Gasteiger partial charge on any atom is -0.475 e. The van der Waals surface area contributed by atoms with Crippen LogP contribution in [0.15, 0.2) is 30.5 Å². The van der Waals surface area contributed by atoms with E-state index in [1.165, 1.54) is 0 Å². The van der Waals surface area contributed by atoms with E-state index in [1.807, 2.05) is 51.0 Å². The molecule has 2 saturated heterocycles. The monoisotopic (exact) mass is 416 g/mol. The SMILES string of the molecule is Cc1cc(-c2ccc(OC(C)C)nc2)cc([C@@H]2CC[C@]3(CCN(C)C3=O)N2)n1.Cl. The predicted molar refractivity (Wildman–Crippen MR) is 115 cm³/mol. The predicted octanol–water partition coefficient (Wildman–Crippen LogP) is 3.69. The highest BCUT2D eigenvalue weighted by Crippen LogP contribution is 2.39. The van der Waals surface area contributed by atoms with E-state index in [0.717, 1.165) is 48.3 Å². The number of rotatable bonds is 4. The van der Waals surface area contributed by atoms with Gasteiger partial charge in [0.05, 0.1) is 17.8 Å². The maximum atomic E-state index is 12.6. The molecule has 4 rings (SSSR count). The fourth-order valence-corrected chi connectivity index (χ4v) is 4.29. The van der Waals surface area contributed by atoms with E-state index >= 15 is 0 Å². The van der Waals surface area contributed by atoms with E-state index in [9.17, 15) is 4.79 Å². The Morgan fingerprint density at radius 2 is 2.03 bits per heavy atom. The molecule has 2 aliphatic heterocycles. The lowest BCUT2D eigenvalue weighted by Gasteiger charge is -2.23. The molecule has 0 aromatic carbocycles. The molecule has 1 spiro atoms. The Hall–Kier alpha value is -2.18. The minimum atomic E-state index is -0.400. The number of nitrogens with zero attached hydrogens (tertiary/aromatic N) is 3. The van der Waals surface area contributed by atoms with Crippen LogP contribution in [0.3, 0.4) is 0 Å². The average Bonchev–Trinajstić information content (AvgIpc) is 3.21. The average molecular weight is 417 g/mol. The summed E-state index contributed by atoms with van der Waals surface area (Å²) in [4.78, 5) is 23.6. The quantitative estimate of drug-likeness (QED) is 0.823. The number of aromatic nitrogens is 2. The molecule has 4 heterocycles. The summed E-state index contributed by atoms with van der Waals surface area (Å²) >= 11 is 0.